The SMILES string of the molecule is CCCCN(CCCC)/C(=C\C(=O)OCC)OCC. The highest BCUT2D eigenvalue weighted by molar-refractivity contribution is 5.82. The van der Waals surface area contributed by atoms with Gasteiger partial charge in [0.1, 0.15) is 0 Å². The maximum absolute atomic E-state index is 11.6. The van der Waals surface area contributed by atoms with E-state index in [9.17, 15) is 4.79 Å². The van der Waals surface area contributed by atoms with Gasteiger partial charge in [0.2, 0.25) is 0 Å². The van der Waals surface area contributed by atoms with Gasteiger partial charge in [-0.2, -0.15) is 0 Å². The molecule has 0 bridgehead atoms. The molecule has 19 heavy (non-hydrogen) atoms. The van der Waals surface area contributed by atoms with Crippen LogP contribution in [0.25, 0.3) is 0 Å². The first-order valence-electron chi connectivity index (χ1n) is 7.45. The highest BCUT2D eigenvalue weighted by atomic mass is 16.5. The van der Waals surface area contributed by atoms with E-state index in [0.29, 0.717) is 19.1 Å². The summed E-state index contributed by atoms with van der Waals surface area (Å²) in [6.07, 6.45) is 5.91. The number of hydrogen-bond acceptors (Lipinski definition) is 4. The molecule has 0 spiro atoms. The molecule has 0 aromatic heterocycles. The van der Waals surface area contributed by atoms with Crippen molar-refractivity contribution in [3.05, 3.63) is 12.0 Å². The van der Waals surface area contributed by atoms with Crippen LogP contribution in [-0.4, -0.2) is 37.2 Å². The zero-order chi connectivity index (χ0) is 14.5. The quantitative estimate of drug-likeness (QED) is 0.328. The molecule has 0 aliphatic heterocycles. The molecule has 0 fully saturated rings. The third-order valence-electron chi connectivity index (χ3n) is 2.69. The van der Waals surface area contributed by atoms with Crippen molar-refractivity contribution in [2.75, 3.05) is 26.3 Å². The van der Waals surface area contributed by atoms with E-state index in [2.05, 4.69) is 18.7 Å². The van der Waals surface area contributed by atoms with Crippen LogP contribution in [0.15, 0.2) is 12.0 Å². The van der Waals surface area contributed by atoms with Crippen molar-refractivity contribution in [2.45, 2.75) is 53.4 Å². The van der Waals surface area contributed by atoms with E-state index in [1.54, 1.807) is 6.92 Å². The minimum atomic E-state index is -0.330. The summed E-state index contributed by atoms with van der Waals surface area (Å²) in [6.45, 7) is 10.8. The number of esters is 1. The van der Waals surface area contributed by atoms with Gasteiger partial charge in [0.15, 0.2) is 5.88 Å². The Balaban J connectivity index is 4.74. The zero-order valence-corrected chi connectivity index (χ0v) is 12.9. The average molecular weight is 271 g/mol. The molecule has 0 aliphatic carbocycles. The zero-order valence-electron chi connectivity index (χ0n) is 12.9. The van der Waals surface area contributed by atoms with E-state index in [1.165, 1.54) is 6.08 Å². The van der Waals surface area contributed by atoms with Crippen molar-refractivity contribution in [3.63, 3.8) is 0 Å². The van der Waals surface area contributed by atoms with Crippen LogP contribution in [0.5, 0.6) is 0 Å². The molecular formula is C15H29NO3. The molecule has 0 rings (SSSR count). The number of ether oxygens (including phenoxy) is 2. The average Bonchev–Trinajstić information content (AvgIpc) is 2.39. The number of carbonyl (C=O) groups is 1. The second-order valence-electron chi connectivity index (χ2n) is 4.36. The normalized spacial score (nSPS) is 11.3. The molecule has 0 amide bonds. The summed E-state index contributed by atoms with van der Waals surface area (Å²) < 4.78 is 10.6. The van der Waals surface area contributed by atoms with Crippen LogP contribution in [0.1, 0.15) is 53.4 Å². The van der Waals surface area contributed by atoms with Gasteiger partial charge >= 0.3 is 5.97 Å². The molecule has 0 aromatic carbocycles. The highest BCUT2D eigenvalue weighted by Gasteiger charge is 2.12. The van der Waals surface area contributed by atoms with Crippen LogP contribution in [0, 0.1) is 0 Å². The van der Waals surface area contributed by atoms with Crippen molar-refractivity contribution < 1.29 is 14.3 Å². The lowest BCUT2D eigenvalue weighted by Gasteiger charge is -2.26. The molecule has 0 N–H and O–H groups in total. The minimum Gasteiger partial charge on any atom is -0.479 e. The number of nitrogens with zero attached hydrogens (tertiary/aromatic N) is 1. The number of unbranched alkanes of at least 4 members (excludes halogenated alkanes) is 2. The third kappa shape index (κ3) is 8.51. The van der Waals surface area contributed by atoms with Crippen molar-refractivity contribution in [3.8, 4) is 0 Å². The summed E-state index contributed by atoms with van der Waals surface area (Å²) in [6, 6.07) is 0. The molecule has 0 aliphatic rings. The van der Waals surface area contributed by atoms with E-state index in [1.807, 2.05) is 6.92 Å². The standard InChI is InChI=1S/C15H29NO3/c1-5-9-11-16(12-10-6-2)14(18-7-3)13-15(17)19-8-4/h13H,5-12H2,1-4H3/b14-13+. The van der Waals surface area contributed by atoms with Gasteiger partial charge in [0, 0.05) is 13.1 Å². The maximum Gasteiger partial charge on any atom is 0.336 e. The molecule has 0 atom stereocenters. The number of rotatable bonds is 11. The van der Waals surface area contributed by atoms with Gasteiger partial charge in [0.05, 0.1) is 19.3 Å². The number of carbonyl (C=O) groups excluding carboxylic acids is 1. The molecular weight excluding hydrogens is 242 g/mol. The summed E-state index contributed by atoms with van der Waals surface area (Å²) >= 11 is 0. The minimum absolute atomic E-state index is 0.330. The van der Waals surface area contributed by atoms with Crippen LogP contribution in [0.4, 0.5) is 0 Å². The van der Waals surface area contributed by atoms with E-state index < -0.39 is 0 Å². The van der Waals surface area contributed by atoms with Gasteiger partial charge in [-0.25, -0.2) is 4.79 Å². The van der Waals surface area contributed by atoms with E-state index in [-0.39, 0.29) is 5.97 Å². The molecule has 0 saturated heterocycles. The predicted molar refractivity (Wildman–Crippen MR) is 77.7 cm³/mol. The number of hydrogen-bond donors (Lipinski definition) is 0. The molecule has 0 aromatic rings. The second-order valence-corrected chi connectivity index (χ2v) is 4.36. The molecule has 0 radical (unpaired) electrons. The Morgan fingerprint density at radius 2 is 1.47 bits per heavy atom. The first kappa shape index (κ1) is 17.8. The molecule has 0 saturated carbocycles. The van der Waals surface area contributed by atoms with Crippen LogP contribution in [-0.2, 0) is 14.3 Å². The van der Waals surface area contributed by atoms with Crippen molar-refractivity contribution in [1.29, 1.82) is 0 Å². The lowest BCUT2D eigenvalue weighted by molar-refractivity contribution is -0.137. The van der Waals surface area contributed by atoms with Gasteiger partial charge in [-0.1, -0.05) is 26.7 Å². The van der Waals surface area contributed by atoms with Crippen molar-refractivity contribution in [2.24, 2.45) is 0 Å². The Labute approximate surface area is 117 Å². The molecule has 4 nitrogen and oxygen atoms in total. The summed E-state index contributed by atoms with van der Waals surface area (Å²) in [4.78, 5) is 13.7. The Morgan fingerprint density at radius 1 is 0.947 bits per heavy atom. The van der Waals surface area contributed by atoms with Gasteiger partial charge < -0.3 is 14.4 Å². The predicted octanol–water partition coefficient (Wildman–Crippen LogP) is 3.33. The van der Waals surface area contributed by atoms with Gasteiger partial charge in [0.25, 0.3) is 0 Å². The summed E-state index contributed by atoms with van der Waals surface area (Å²) in [5, 5.41) is 0. The monoisotopic (exact) mass is 271 g/mol. The first-order valence-corrected chi connectivity index (χ1v) is 7.45. The fourth-order valence-corrected chi connectivity index (χ4v) is 1.69. The third-order valence-corrected chi connectivity index (χ3v) is 2.69. The Morgan fingerprint density at radius 3 is 1.89 bits per heavy atom. The lowest BCUT2D eigenvalue weighted by atomic mass is 10.2. The molecule has 0 heterocycles. The first-order chi connectivity index (χ1) is 9.19. The topological polar surface area (TPSA) is 38.8 Å². The van der Waals surface area contributed by atoms with Crippen LogP contribution in [0.3, 0.4) is 0 Å². The Bertz CT molecular complexity index is 256. The van der Waals surface area contributed by atoms with Crippen molar-refractivity contribution >= 4 is 5.97 Å². The van der Waals surface area contributed by atoms with Crippen LogP contribution >= 0.6 is 0 Å². The summed E-state index contributed by atoms with van der Waals surface area (Å²) in [7, 11) is 0. The molecule has 4 heteroatoms. The van der Waals surface area contributed by atoms with Gasteiger partial charge in [-0.15, -0.1) is 0 Å². The van der Waals surface area contributed by atoms with Gasteiger partial charge in [-0.05, 0) is 26.7 Å². The Kier molecular flexibility index (Phi) is 11.1. The largest absolute Gasteiger partial charge is 0.479 e. The molecule has 0 unspecified atom stereocenters. The van der Waals surface area contributed by atoms with E-state index in [0.717, 1.165) is 38.8 Å². The Hall–Kier alpha value is -1.19. The van der Waals surface area contributed by atoms with Crippen LogP contribution in [0.2, 0.25) is 0 Å². The highest BCUT2D eigenvalue weighted by Crippen LogP contribution is 2.10. The lowest BCUT2D eigenvalue weighted by Crippen LogP contribution is -2.28. The second kappa shape index (κ2) is 11.9. The smallest absolute Gasteiger partial charge is 0.336 e. The summed E-state index contributed by atoms with van der Waals surface area (Å²) in [5.41, 5.74) is 0. The van der Waals surface area contributed by atoms with E-state index in [4.69, 9.17) is 9.47 Å². The van der Waals surface area contributed by atoms with Crippen molar-refractivity contribution in [1.82, 2.24) is 4.90 Å². The fourth-order valence-electron chi connectivity index (χ4n) is 1.69. The molecule has 112 valence electrons. The van der Waals surface area contributed by atoms with Crippen LogP contribution < -0.4 is 0 Å². The fraction of sp³-hybridized carbons (Fsp3) is 0.800. The van der Waals surface area contributed by atoms with Gasteiger partial charge in [-0.3, -0.25) is 0 Å². The van der Waals surface area contributed by atoms with E-state index >= 15 is 0 Å². The maximum atomic E-state index is 11.6. The summed E-state index contributed by atoms with van der Waals surface area (Å²) in [5.74, 6) is 0.312.